The lowest BCUT2D eigenvalue weighted by atomic mass is 10.1. The number of hydrogen-bond donors (Lipinski definition) is 0. The molecule has 2 heterocycles. The first-order chi connectivity index (χ1) is 9.08. The molecule has 1 aromatic carbocycles. The Bertz CT molecular complexity index is 707. The van der Waals surface area contributed by atoms with Crippen LogP contribution in [-0.2, 0) is 16.0 Å². The Kier molecular flexibility index (Phi) is 2.95. The predicted molar refractivity (Wildman–Crippen MR) is 75.6 cm³/mol. The molecule has 19 heavy (non-hydrogen) atoms. The van der Waals surface area contributed by atoms with Gasteiger partial charge in [-0.05, 0) is 36.0 Å². The van der Waals surface area contributed by atoms with Crippen LogP contribution < -0.4 is 4.84 Å². The lowest BCUT2D eigenvalue weighted by Gasteiger charge is -2.16. The van der Waals surface area contributed by atoms with E-state index in [1.807, 2.05) is 12.1 Å². The largest absolute Gasteiger partial charge is 0.481 e. The molecule has 0 aliphatic carbocycles. The quantitative estimate of drug-likeness (QED) is 0.758. The van der Waals surface area contributed by atoms with Crippen molar-refractivity contribution < 1.29 is 14.4 Å². The Morgan fingerprint density at radius 2 is 2.32 bits per heavy atom. The van der Waals surface area contributed by atoms with Gasteiger partial charge in [0.15, 0.2) is 0 Å². The average Bonchev–Trinajstić information content (AvgIpc) is 2.64. The number of aromatic nitrogens is 1. The zero-order valence-electron chi connectivity index (χ0n) is 10.1. The van der Waals surface area contributed by atoms with E-state index in [0.29, 0.717) is 28.8 Å². The maximum Gasteiger partial charge on any atom is 0.329 e. The van der Waals surface area contributed by atoms with E-state index in [9.17, 15) is 4.79 Å². The Labute approximate surface area is 119 Å². The maximum atomic E-state index is 11.3. The fraction of sp³-hybridized carbons (Fsp3) is 0.231. The van der Waals surface area contributed by atoms with Crippen LogP contribution in [0.1, 0.15) is 18.2 Å². The Morgan fingerprint density at radius 1 is 1.53 bits per heavy atom. The van der Waals surface area contributed by atoms with Gasteiger partial charge in [0.1, 0.15) is 5.69 Å². The van der Waals surface area contributed by atoms with Gasteiger partial charge in [-0.25, -0.2) is 4.79 Å². The first-order valence-electron chi connectivity index (χ1n) is 5.77. The highest BCUT2D eigenvalue weighted by atomic mass is 35.5. The Hall–Kier alpha value is -1.59. The summed E-state index contributed by atoms with van der Waals surface area (Å²) in [6, 6.07) is 5.41. The van der Waals surface area contributed by atoms with Crippen molar-refractivity contribution in [2.75, 3.05) is 6.61 Å². The minimum absolute atomic E-state index is 0.342. The number of nitrogens with zero attached hydrogens (tertiary/aromatic N) is 1. The van der Waals surface area contributed by atoms with E-state index >= 15 is 0 Å². The Morgan fingerprint density at radius 3 is 3.05 bits per heavy atom. The fourth-order valence-corrected chi connectivity index (χ4v) is 2.76. The van der Waals surface area contributed by atoms with Crippen molar-refractivity contribution in [1.82, 2.24) is 4.73 Å². The molecule has 0 saturated heterocycles. The molecule has 1 aliphatic rings. The highest BCUT2D eigenvalue weighted by molar-refractivity contribution is 7.80. The van der Waals surface area contributed by atoms with Crippen LogP contribution in [0.5, 0.6) is 0 Å². The van der Waals surface area contributed by atoms with Crippen LogP contribution in [-0.4, -0.2) is 22.4 Å². The number of benzene rings is 1. The molecule has 3 rings (SSSR count). The summed E-state index contributed by atoms with van der Waals surface area (Å²) in [5.41, 5.74) is 2.40. The zero-order chi connectivity index (χ0) is 13.6. The summed E-state index contributed by atoms with van der Waals surface area (Å²) in [4.78, 5) is 16.5. The number of carbonyl (C=O) groups is 1. The molecule has 98 valence electrons. The molecule has 0 spiro atoms. The summed E-state index contributed by atoms with van der Waals surface area (Å²) in [6.45, 7) is 1.87. The summed E-state index contributed by atoms with van der Waals surface area (Å²) in [5.74, 6) is -0.414. The van der Waals surface area contributed by atoms with Crippen LogP contribution in [0.3, 0.4) is 0 Å². The lowest BCUT2D eigenvalue weighted by molar-refractivity contribution is -0.141. The molecule has 0 unspecified atom stereocenters. The summed E-state index contributed by atoms with van der Waals surface area (Å²) in [5, 5.41) is 1.91. The van der Waals surface area contributed by atoms with Crippen molar-refractivity contribution in [2.24, 2.45) is 0 Å². The number of rotatable bonds is 1. The van der Waals surface area contributed by atoms with Gasteiger partial charge < -0.3 is 9.57 Å². The molecule has 1 aromatic heterocycles. The van der Waals surface area contributed by atoms with Crippen LogP contribution in [0.15, 0.2) is 18.2 Å². The fourth-order valence-electron chi connectivity index (χ4n) is 2.29. The molecule has 0 N–H and O–H groups in total. The number of carbonyl (C=O) groups excluding carboxylic acids is 1. The predicted octanol–water partition coefficient (Wildman–Crippen LogP) is 2.52. The van der Waals surface area contributed by atoms with Crippen LogP contribution in [0.25, 0.3) is 10.9 Å². The topological polar surface area (TPSA) is 40.5 Å². The summed E-state index contributed by atoms with van der Waals surface area (Å²) in [6.07, 6.45) is 0.709. The molecule has 4 nitrogen and oxygen atoms in total. The van der Waals surface area contributed by atoms with Crippen molar-refractivity contribution in [3.8, 4) is 0 Å². The first kappa shape index (κ1) is 12.4. The molecule has 6 heteroatoms. The molecule has 2 aromatic rings. The first-order valence-corrected chi connectivity index (χ1v) is 6.55. The highest BCUT2D eigenvalue weighted by Crippen LogP contribution is 2.31. The average molecular weight is 296 g/mol. The van der Waals surface area contributed by atoms with Gasteiger partial charge in [-0.3, -0.25) is 0 Å². The number of fused-ring (bicyclic) bond motifs is 3. The third-order valence-electron chi connectivity index (χ3n) is 2.99. The second-order valence-electron chi connectivity index (χ2n) is 4.25. The van der Waals surface area contributed by atoms with E-state index in [1.165, 1.54) is 11.7 Å². The van der Waals surface area contributed by atoms with Gasteiger partial charge in [0.25, 0.3) is 0 Å². The smallest absolute Gasteiger partial charge is 0.329 e. The molecule has 0 bridgehead atoms. The van der Waals surface area contributed by atoms with E-state index < -0.39 is 5.97 Å². The number of thiocarbonyl (C=S) groups is 1. The molecular weight excluding hydrogens is 286 g/mol. The molecule has 0 atom stereocenters. The monoisotopic (exact) mass is 295 g/mol. The number of halogens is 1. The molecule has 1 aliphatic heterocycles. The molecule has 0 amide bonds. The van der Waals surface area contributed by atoms with Gasteiger partial charge in [-0.15, -0.1) is 0 Å². The van der Waals surface area contributed by atoms with Crippen LogP contribution in [0.2, 0.25) is 5.02 Å². The normalized spacial score (nSPS) is 14.1. The lowest BCUT2D eigenvalue weighted by Crippen LogP contribution is -2.25. The maximum absolute atomic E-state index is 11.3. The molecule has 0 fully saturated rings. The minimum Gasteiger partial charge on any atom is -0.481 e. The van der Waals surface area contributed by atoms with E-state index in [4.69, 9.17) is 33.4 Å². The number of ether oxygens (including phenoxy) is 1. The van der Waals surface area contributed by atoms with Crippen molar-refractivity contribution in [1.29, 1.82) is 0 Å². The van der Waals surface area contributed by atoms with Gasteiger partial charge in [0.05, 0.1) is 12.1 Å². The standard InChI is InChI=1S/C13H10ClNO3S/c1-7(16)18-15-11-3-2-8(14)6-10(11)9-4-5-17-13(19)12(9)15/h2-3,6H,4-5H2,1H3. The van der Waals surface area contributed by atoms with Gasteiger partial charge >= 0.3 is 5.97 Å². The zero-order valence-corrected chi connectivity index (χ0v) is 11.7. The van der Waals surface area contributed by atoms with Crippen LogP contribution >= 0.6 is 23.8 Å². The van der Waals surface area contributed by atoms with Crippen molar-refractivity contribution in [3.05, 3.63) is 34.5 Å². The molecule has 0 radical (unpaired) electrons. The summed E-state index contributed by atoms with van der Waals surface area (Å²) >= 11 is 11.2. The van der Waals surface area contributed by atoms with E-state index in [2.05, 4.69) is 0 Å². The van der Waals surface area contributed by atoms with Gasteiger partial charge in [0.2, 0.25) is 5.05 Å². The SMILES string of the molecule is CC(=O)On1c2c(c3cc(Cl)ccc31)CCOC2=S. The van der Waals surface area contributed by atoms with E-state index in [0.717, 1.165) is 16.5 Å². The van der Waals surface area contributed by atoms with E-state index in [-0.39, 0.29) is 0 Å². The van der Waals surface area contributed by atoms with Crippen LogP contribution in [0.4, 0.5) is 0 Å². The molecule has 0 saturated carbocycles. The molecular formula is C13H10ClNO3S. The highest BCUT2D eigenvalue weighted by Gasteiger charge is 2.26. The Balaban J connectivity index is 2.35. The third-order valence-corrected chi connectivity index (χ3v) is 3.54. The number of hydrogen-bond acceptors (Lipinski definition) is 4. The van der Waals surface area contributed by atoms with E-state index in [1.54, 1.807) is 6.07 Å². The van der Waals surface area contributed by atoms with Crippen molar-refractivity contribution >= 4 is 45.7 Å². The van der Waals surface area contributed by atoms with Gasteiger partial charge in [-0.2, -0.15) is 4.73 Å². The second-order valence-corrected chi connectivity index (χ2v) is 5.06. The second kappa shape index (κ2) is 4.51. The van der Waals surface area contributed by atoms with Crippen molar-refractivity contribution in [2.45, 2.75) is 13.3 Å². The summed E-state index contributed by atoms with van der Waals surface area (Å²) < 4.78 is 6.81. The minimum atomic E-state index is -0.414. The van der Waals surface area contributed by atoms with Gasteiger partial charge in [-0.1, -0.05) is 11.6 Å². The van der Waals surface area contributed by atoms with Crippen LogP contribution in [0, 0.1) is 0 Å². The summed E-state index contributed by atoms with van der Waals surface area (Å²) in [7, 11) is 0. The van der Waals surface area contributed by atoms with Gasteiger partial charge in [0, 0.05) is 23.8 Å². The third kappa shape index (κ3) is 1.99. The van der Waals surface area contributed by atoms with Crippen molar-refractivity contribution in [3.63, 3.8) is 0 Å².